The molecule has 0 saturated carbocycles. The van der Waals surface area contributed by atoms with Gasteiger partial charge in [0.05, 0.1) is 18.9 Å². The fourth-order valence-corrected chi connectivity index (χ4v) is 2.12. The fraction of sp³-hybridized carbons (Fsp3) is 0.571. The predicted molar refractivity (Wildman–Crippen MR) is 67.7 cm³/mol. The van der Waals surface area contributed by atoms with Crippen LogP contribution in [-0.4, -0.2) is 13.2 Å². The van der Waals surface area contributed by atoms with Gasteiger partial charge in [-0.05, 0) is 44.9 Å². The molecule has 1 unspecified atom stereocenters. The molecular formula is C14H21NO2. The Hall–Kier alpha value is -1.22. The first-order valence-electron chi connectivity index (χ1n) is 6.43. The molecule has 1 N–H and O–H groups in total. The van der Waals surface area contributed by atoms with E-state index in [9.17, 15) is 0 Å². The van der Waals surface area contributed by atoms with Gasteiger partial charge in [-0.1, -0.05) is 6.92 Å². The number of allylic oxidation sites excluding steroid dienone is 1. The zero-order valence-electron chi connectivity index (χ0n) is 10.7. The topological polar surface area (TPSA) is 34.4 Å². The number of aryl methyl sites for hydroxylation is 1. The second-order valence-electron chi connectivity index (χ2n) is 4.42. The van der Waals surface area contributed by atoms with E-state index in [0.717, 1.165) is 43.9 Å². The van der Waals surface area contributed by atoms with Crippen LogP contribution in [-0.2, 0) is 4.74 Å². The van der Waals surface area contributed by atoms with Crippen molar-refractivity contribution >= 4 is 0 Å². The summed E-state index contributed by atoms with van der Waals surface area (Å²) >= 11 is 0. The lowest BCUT2D eigenvalue weighted by Gasteiger charge is -2.24. The van der Waals surface area contributed by atoms with Crippen molar-refractivity contribution in [3.8, 4) is 0 Å². The summed E-state index contributed by atoms with van der Waals surface area (Å²) < 4.78 is 11.2. The highest BCUT2D eigenvalue weighted by Crippen LogP contribution is 2.28. The van der Waals surface area contributed by atoms with Crippen LogP contribution in [0.2, 0.25) is 0 Å². The molecule has 17 heavy (non-hydrogen) atoms. The molecule has 0 spiro atoms. The first-order chi connectivity index (χ1) is 8.33. The third-order valence-electron chi connectivity index (χ3n) is 3.06. The summed E-state index contributed by atoms with van der Waals surface area (Å²) in [7, 11) is 0. The summed E-state index contributed by atoms with van der Waals surface area (Å²) in [6, 6.07) is 2.18. The molecular weight excluding hydrogens is 214 g/mol. The van der Waals surface area contributed by atoms with Gasteiger partial charge in [-0.3, -0.25) is 0 Å². The van der Waals surface area contributed by atoms with E-state index >= 15 is 0 Å². The van der Waals surface area contributed by atoms with Gasteiger partial charge in [-0.15, -0.1) is 0 Å². The van der Waals surface area contributed by atoms with E-state index in [0.29, 0.717) is 0 Å². The minimum Gasteiger partial charge on any atom is -0.496 e. The van der Waals surface area contributed by atoms with E-state index in [-0.39, 0.29) is 6.04 Å². The minimum absolute atomic E-state index is 0.147. The third-order valence-corrected chi connectivity index (χ3v) is 3.06. The normalized spacial score (nSPS) is 17.4. The lowest BCUT2D eigenvalue weighted by molar-refractivity contribution is 0.167. The van der Waals surface area contributed by atoms with Gasteiger partial charge in [0, 0.05) is 5.56 Å². The quantitative estimate of drug-likeness (QED) is 0.850. The molecule has 2 heterocycles. The number of nitrogens with one attached hydrogen (secondary N) is 1. The van der Waals surface area contributed by atoms with Gasteiger partial charge in [0.1, 0.15) is 11.5 Å². The van der Waals surface area contributed by atoms with E-state index in [2.05, 4.69) is 18.3 Å². The van der Waals surface area contributed by atoms with Crippen LogP contribution in [0.4, 0.5) is 0 Å². The van der Waals surface area contributed by atoms with Crippen molar-refractivity contribution in [2.75, 3.05) is 13.2 Å². The minimum atomic E-state index is 0.147. The number of furan rings is 1. The first kappa shape index (κ1) is 12.2. The summed E-state index contributed by atoms with van der Waals surface area (Å²) in [6.07, 6.45) is 7.28. The molecule has 94 valence electrons. The van der Waals surface area contributed by atoms with Crippen molar-refractivity contribution in [2.24, 2.45) is 0 Å². The molecule has 1 aliphatic rings. The Kier molecular flexibility index (Phi) is 4.26. The lowest BCUT2D eigenvalue weighted by Crippen LogP contribution is -2.26. The van der Waals surface area contributed by atoms with Crippen molar-refractivity contribution < 1.29 is 9.15 Å². The van der Waals surface area contributed by atoms with Crippen LogP contribution in [0.15, 0.2) is 28.6 Å². The van der Waals surface area contributed by atoms with Crippen molar-refractivity contribution in [3.05, 3.63) is 35.5 Å². The summed E-state index contributed by atoms with van der Waals surface area (Å²) in [5, 5.41) is 3.53. The smallest absolute Gasteiger partial charge is 0.114 e. The van der Waals surface area contributed by atoms with E-state index in [1.54, 1.807) is 6.26 Å². The maximum Gasteiger partial charge on any atom is 0.114 e. The van der Waals surface area contributed by atoms with Crippen molar-refractivity contribution in [3.63, 3.8) is 0 Å². The van der Waals surface area contributed by atoms with Crippen molar-refractivity contribution in [1.82, 2.24) is 5.32 Å². The van der Waals surface area contributed by atoms with E-state index in [1.165, 1.54) is 5.56 Å². The van der Waals surface area contributed by atoms with E-state index in [4.69, 9.17) is 9.15 Å². The van der Waals surface area contributed by atoms with E-state index < -0.39 is 0 Å². The standard InChI is InChI=1S/C14H21NO2/c1-3-8-15-14(12-7-10-16-11(12)2)13-6-4-5-9-17-13/h6-7,10,14-15H,3-5,8-9H2,1-2H3. The van der Waals surface area contributed by atoms with Crippen LogP contribution in [0, 0.1) is 6.92 Å². The molecule has 1 aromatic rings. The molecule has 0 aromatic carbocycles. The second-order valence-corrected chi connectivity index (χ2v) is 4.42. The van der Waals surface area contributed by atoms with Gasteiger partial charge < -0.3 is 14.5 Å². The zero-order valence-corrected chi connectivity index (χ0v) is 10.7. The maximum absolute atomic E-state index is 5.77. The molecule has 3 heteroatoms. The highest BCUT2D eigenvalue weighted by atomic mass is 16.5. The van der Waals surface area contributed by atoms with Crippen LogP contribution >= 0.6 is 0 Å². The van der Waals surface area contributed by atoms with Gasteiger partial charge in [0.25, 0.3) is 0 Å². The molecule has 3 nitrogen and oxygen atoms in total. The van der Waals surface area contributed by atoms with Gasteiger partial charge in [0.15, 0.2) is 0 Å². The van der Waals surface area contributed by atoms with Crippen LogP contribution in [0.1, 0.15) is 43.6 Å². The van der Waals surface area contributed by atoms with Crippen molar-refractivity contribution in [2.45, 2.75) is 39.2 Å². The molecule has 0 aliphatic carbocycles. The Morgan fingerprint density at radius 1 is 1.47 bits per heavy atom. The van der Waals surface area contributed by atoms with Gasteiger partial charge in [-0.25, -0.2) is 0 Å². The lowest BCUT2D eigenvalue weighted by atomic mass is 10.0. The number of hydrogen-bond donors (Lipinski definition) is 1. The molecule has 0 bridgehead atoms. The highest BCUT2D eigenvalue weighted by Gasteiger charge is 2.22. The Labute approximate surface area is 103 Å². The Morgan fingerprint density at radius 2 is 2.35 bits per heavy atom. The Bertz CT molecular complexity index is 381. The number of hydrogen-bond acceptors (Lipinski definition) is 3. The van der Waals surface area contributed by atoms with Crippen molar-refractivity contribution in [1.29, 1.82) is 0 Å². The molecule has 0 radical (unpaired) electrons. The van der Waals surface area contributed by atoms with Crippen LogP contribution in [0.25, 0.3) is 0 Å². The molecule has 0 fully saturated rings. The Balaban J connectivity index is 2.18. The summed E-state index contributed by atoms with van der Waals surface area (Å²) in [6.45, 7) is 5.98. The van der Waals surface area contributed by atoms with E-state index in [1.807, 2.05) is 13.0 Å². The first-order valence-corrected chi connectivity index (χ1v) is 6.43. The summed E-state index contributed by atoms with van der Waals surface area (Å²) in [4.78, 5) is 0. The predicted octanol–water partition coefficient (Wildman–Crippen LogP) is 3.32. The van der Waals surface area contributed by atoms with Crippen LogP contribution in [0.3, 0.4) is 0 Å². The molecule has 1 aromatic heterocycles. The largest absolute Gasteiger partial charge is 0.496 e. The molecule has 1 atom stereocenters. The van der Waals surface area contributed by atoms with Gasteiger partial charge in [-0.2, -0.15) is 0 Å². The van der Waals surface area contributed by atoms with Gasteiger partial charge >= 0.3 is 0 Å². The average molecular weight is 235 g/mol. The highest BCUT2D eigenvalue weighted by molar-refractivity contribution is 5.27. The SMILES string of the molecule is CCCNC(C1=CCCCO1)c1ccoc1C. The van der Waals surface area contributed by atoms with Crippen LogP contribution in [0.5, 0.6) is 0 Å². The number of ether oxygens (including phenoxy) is 1. The molecule has 0 amide bonds. The summed E-state index contributed by atoms with van der Waals surface area (Å²) in [5.41, 5.74) is 1.19. The molecule has 2 rings (SSSR count). The monoisotopic (exact) mass is 235 g/mol. The molecule has 1 aliphatic heterocycles. The third kappa shape index (κ3) is 2.91. The fourth-order valence-electron chi connectivity index (χ4n) is 2.12. The summed E-state index contributed by atoms with van der Waals surface area (Å²) in [5.74, 6) is 2.02. The molecule has 0 saturated heterocycles. The zero-order chi connectivity index (χ0) is 12.1. The Morgan fingerprint density at radius 3 is 2.94 bits per heavy atom. The second kappa shape index (κ2) is 5.92. The van der Waals surface area contributed by atoms with Crippen LogP contribution < -0.4 is 5.32 Å². The maximum atomic E-state index is 5.77. The number of rotatable bonds is 5. The van der Waals surface area contributed by atoms with Gasteiger partial charge in [0.2, 0.25) is 0 Å². The average Bonchev–Trinajstić information content (AvgIpc) is 2.78.